The van der Waals surface area contributed by atoms with Crippen molar-refractivity contribution in [1.82, 2.24) is 4.98 Å². The molecule has 1 aromatic heterocycles. The van der Waals surface area contributed by atoms with E-state index in [-0.39, 0.29) is 42.0 Å². The summed E-state index contributed by atoms with van der Waals surface area (Å²) in [6.07, 6.45) is 0.910. The van der Waals surface area contributed by atoms with E-state index < -0.39 is 35.6 Å². The zero-order valence-corrected chi connectivity index (χ0v) is 25.2. The molecule has 1 aliphatic carbocycles. The molecule has 4 N–H and O–H groups in total. The maximum absolute atomic E-state index is 15.0. The molecule has 1 unspecified atom stereocenters. The molecule has 10 nitrogen and oxygen atoms in total. The number of anilines is 2. The van der Waals surface area contributed by atoms with Crippen molar-refractivity contribution >= 4 is 34.3 Å². The first-order valence-corrected chi connectivity index (χ1v) is 14.8. The fourth-order valence-electron chi connectivity index (χ4n) is 4.98. The third kappa shape index (κ3) is 8.58. The molecule has 47 heavy (non-hydrogen) atoms. The van der Waals surface area contributed by atoms with Gasteiger partial charge >= 0.3 is 18.2 Å². The van der Waals surface area contributed by atoms with Crippen LogP contribution in [0.15, 0.2) is 66.9 Å². The molecule has 0 saturated heterocycles. The van der Waals surface area contributed by atoms with Gasteiger partial charge in [-0.25, -0.2) is 9.18 Å². The lowest BCUT2D eigenvalue weighted by Gasteiger charge is -2.17. The maximum Gasteiger partial charge on any atom is 0.416 e. The van der Waals surface area contributed by atoms with Crippen LogP contribution in [0.1, 0.15) is 37.7 Å². The number of amides is 2. The summed E-state index contributed by atoms with van der Waals surface area (Å²) in [5.41, 5.74) is 5.81. The van der Waals surface area contributed by atoms with E-state index in [1.807, 2.05) is 0 Å². The van der Waals surface area contributed by atoms with E-state index in [0.717, 1.165) is 56.0 Å². The number of pyridine rings is 1. The van der Waals surface area contributed by atoms with Crippen LogP contribution in [0.2, 0.25) is 0 Å². The van der Waals surface area contributed by atoms with Crippen LogP contribution >= 0.6 is 0 Å². The molecule has 0 bridgehead atoms. The summed E-state index contributed by atoms with van der Waals surface area (Å²) in [5, 5.41) is 5.30. The van der Waals surface area contributed by atoms with Crippen LogP contribution in [0.5, 0.6) is 23.0 Å². The molecule has 0 radical (unpaired) electrons. The Morgan fingerprint density at radius 3 is 2.32 bits per heavy atom. The normalized spacial score (nSPS) is 14.0. The molecule has 0 spiro atoms. The Hall–Kier alpha value is -5.11. The van der Waals surface area contributed by atoms with Crippen molar-refractivity contribution in [3.8, 4) is 23.0 Å². The number of nitrogens with zero attached hydrogens (tertiary/aromatic N) is 1. The maximum atomic E-state index is 15.0. The Balaban J connectivity index is 1.21. The van der Waals surface area contributed by atoms with Gasteiger partial charge in [0, 0.05) is 41.5 Å². The van der Waals surface area contributed by atoms with E-state index in [1.54, 1.807) is 18.2 Å². The third-order valence-electron chi connectivity index (χ3n) is 7.44. The summed E-state index contributed by atoms with van der Waals surface area (Å²) in [5.74, 6) is -0.433. The first-order chi connectivity index (χ1) is 22.5. The second kappa shape index (κ2) is 14.5. The van der Waals surface area contributed by atoms with Gasteiger partial charge in [0.25, 0.3) is 0 Å². The van der Waals surface area contributed by atoms with Crippen LogP contribution in [0, 0.1) is 5.82 Å². The molecular formula is C33H32F4N4O6. The third-order valence-corrected chi connectivity index (χ3v) is 7.44. The van der Waals surface area contributed by atoms with E-state index in [2.05, 4.69) is 15.6 Å². The summed E-state index contributed by atoms with van der Waals surface area (Å²) < 4.78 is 76.0. The van der Waals surface area contributed by atoms with Crippen LogP contribution in [0.3, 0.4) is 0 Å². The number of esters is 1. The van der Waals surface area contributed by atoms with Gasteiger partial charge in [0.2, 0.25) is 0 Å². The number of halogens is 4. The second-order valence-corrected chi connectivity index (χ2v) is 10.8. The number of fused-ring (bicyclic) bond motifs is 1. The topological polar surface area (TPSA) is 134 Å². The van der Waals surface area contributed by atoms with Gasteiger partial charge in [0.15, 0.2) is 23.1 Å². The first kappa shape index (κ1) is 33.3. The van der Waals surface area contributed by atoms with Crippen molar-refractivity contribution in [2.75, 3.05) is 24.4 Å². The highest BCUT2D eigenvalue weighted by atomic mass is 19.4. The van der Waals surface area contributed by atoms with E-state index >= 15 is 4.39 Å². The quantitative estimate of drug-likeness (QED) is 0.112. The molecule has 1 atom stereocenters. The summed E-state index contributed by atoms with van der Waals surface area (Å²) >= 11 is 0. The number of nitrogens with two attached hydrogens (primary N) is 1. The SMILES string of the molecule is COc1cc2c(Oc3ccc(NC(=O)Nc4ccc(C(F)(F)F)cc4)cc3F)ccnc2cc1OCCC(N)C(=O)OC1CCCC1. The van der Waals surface area contributed by atoms with Crippen molar-refractivity contribution in [3.63, 3.8) is 0 Å². The minimum Gasteiger partial charge on any atom is -0.493 e. The first-order valence-electron chi connectivity index (χ1n) is 14.8. The summed E-state index contributed by atoms with van der Waals surface area (Å²) in [7, 11) is 1.45. The Kier molecular flexibility index (Phi) is 10.3. The van der Waals surface area contributed by atoms with Crippen LogP contribution < -0.4 is 30.6 Å². The molecule has 1 aliphatic rings. The minimum absolute atomic E-state index is 0.0733. The monoisotopic (exact) mass is 656 g/mol. The highest BCUT2D eigenvalue weighted by Gasteiger charge is 2.30. The predicted molar refractivity (Wildman–Crippen MR) is 165 cm³/mol. The summed E-state index contributed by atoms with van der Waals surface area (Å²) in [4.78, 5) is 29.0. The van der Waals surface area contributed by atoms with Gasteiger partial charge in [-0.1, -0.05) is 0 Å². The van der Waals surface area contributed by atoms with Gasteiger partial charge in [-0.05, 0) is 74.2 Å². The van der Waals surface area contributed by atoms with Crippen molar-refractivity contribution in [2.24, 2.45) is 5.73 Å². The number of alkyl halides is 3. The number of nitrogens with one attached hydrogen (secondary N) is 2. The van der Waals surface area contributed by atoms with Gasteiger partial charge in [0.05, 0.1) is 24.8 Å². The number of carbonyl (C=O) groups excluding carboxylic acids is 2. The van der Waals surface area contributed by atoms with Crippen LogP contribution in [0.4, 0.5) is 33.7 Å². The lowest BCUT2D eigenvalue weighted by molar-refractivity contribution is -0.150. The Bertz CT molecular complexity index is 1730. The van der Waals surface area contributed by atoms with E-state index in [1.165, 1.54) is 25.4 Å². The number of methoxy groups -OCH3 is 1. The highest BCUT2D eigenvalue weighted by molar-refractivity contribution is 5.99. The summed E-state index contributed by atoms with van der Waals surface area (Å²) in [6, 6.07) is 10.8. The average molecular weight is 657 g/mol. The van der Waals surface area contributed by atoms with Gasteiger partial charge in [-0.2, -0.15) is 13.2 Å². The van der Waals surface area contributed by atoms with E-state index in [4.69, 9.17) is 24.7 Å². The van der Waals surface area contributed by atoms with Crippen LogP contribution in [-0.2, 0) is 15.7 Å². The smallest absolute Gasteiger partial charge is 0.416 e. The van der Waals surface area contributed by atoms with Crippen molar-refractivity contribution in [3.05, 3.63) is 78.2 Å². The fourth-order valence-corrected chi connectivity index (χ4v) is 4.98. The molecule has 1 fully saturated rings. The zero-order valence-electron chi connectivity index (χ0n) is 25.2. The number of carbonyl (C=O) groups is 2. The van der Waals surface area contributed by atoms with Gasteiger partial charge in [-0.3, -0.25) is 9.78 Å². The molecule has 248 valence electrons. The number of hydrogen-bond acceptors (Lipinski definition) is 8. The van der Waals surface area contributed by atoms with Gasteiger partial charge in [0.1, 0.15) is 17.9 Å². The van der Waals surface area contributed by atoms with Crippen molar-refractivity contribution < 1.29 is 46.1 Å². The Morgan fingerprint density at radius 1 is 0.936 bits per heavy atom. The second-order valence-electron chi connectivity index (χ2n) is 10.8. The highest BCUT2D eigenvalue weighted by Crippen LogP contribution is 2.38. The number of aromatic nitrogens is 1. The van der Waals surface area contributed by atoms with E-state index in [0.29, 0.717) is 22.4 Å². The summed E-state index contributed by atoms with van der Waals surface area (Å²) in [6.45, 7) is 0.118. The number of urea groups is 1. The number of benzene rings is 3. The largest absolute Gasteiger partial charge is 0.493 e. The number of hydrogen-bond donors (Lipinski definition) is 3. The van der Waals surface area contributed by atoms with E-state index in [9.17, 15) is 22.8 Å². The van der Waals surface area contributed by atoms with Gasteiger partial charge < -0.3 is 35.3 Å². The van der Waals surface area contributed by atoms with Crippen molar-refractivity contribution in [2.45, 2.75) is 50.4 Å². The van der Waals surface area contributed by atoms with Crippen molar-refractivity contribution in [1.29, 1.82) is 0 Å². The Morgan fingerprint density at radius 2 is 1.64 bits per heavy atom. The number of ether oxygens (including phenoxy) is 4. The molecule has 5 rings (SSSR count). The zero-order chi connectivity index (χ0) is 33.6. The van der Waals surface area contributed by atoms with Gasteiger partial charge in [-0.15, -0.1) is 0 Å². The standard InChI is InChI=1S/C33H32F4N4O6/c1-44-29-17-23-26(18-30(29)45-15-13-25(38)31(42)46-22-4-2-3-5-22)39-14-12-27(23)47-28-11-10-21(16-24(28)34)41-32(43)40-20-8-6-19(7-9-20)33(35,36)37/h6-12,14,16-18,22,25H,2-5,13,15,38H2,1H3,(H2,40,41,43). The predicted octanol–water partition coefficient (Wildman–Crippen LogP) is 7.42. The van der Waals surface area contributed by atoms with Crippen LogP contribution in [0.25, 0.3) is 10.9 Å². The average Bonchev–Trinajstić information content (AvgIpc) is 3.55. The fraction of sp³-hybridized carbons (Fsp3) is 0.303. The minimum atomic E-state index is -4.50. The molecule has 1 saturated carbocycles. The molecule has 1 heterocycles. The number of rotatable bonds is 11. The molecule has 3 aromatic carbocycles. The molecule has 4 aromatic rings. The molecular weight excluding hydrogens is 624 g/mol. The Labute approximate surface area is 267 Å². The van der Waals surface area contributed by atoms with Crippen LogP contribution in [-0.4, -0.2) is 42.8 Å². The molecule has 14 heteroatoms. The molecule has 2 amide bonds. The lowest BCUT2D eigenvalue weighted by atomic mass is 10.1. The lowest BCUT2D eigenvalue weighted by Crippen LogP contribution is -2.35. The molecule has 0 aliphatic heterocycles.